The van der Waals surface area contributed by atoms with Crippen LogP contribution in [0.1, 0.15) is 31.1 Å². The fourth-order valence-corrected chi connectivity index (χ4v) is 3.84. The minimum absolute atomic E-state index is 0.240. The van der Waals surface area contributed by atoms with E-state index in [0.717, 1.165) is 16.8 Å². The summed E-state index contributed by atoms with van der Waals surface area (Å²) in [7, 11) is 0. The van der Waals surface area contributed by atoms with Crippen LogP contribution in [0.5, 0.6) is 0 Å². The maximum absolute atomic E-state index is 13.1. The second kappa shape index (κ2) is 8.19. The Hall–Kier alpha value is -2.53. The van der Waals surface area contributed by atoms with E-state index >= 15 is 0 Å². The molecule has 0 bridgehead atoms. The molecule has 0 aliphatic heterocycles. The highest BCUT2D eigenvalue weighted by molar-refractivity contribution is 6.31. The summed E-state index contributed by atoms with van der Waals surface area (Å²) in [4.78, 5) is 17.9. The highest BCUT2D eigenvalue weighted by Crippen LogP contribution is 2.35. The van der Waals surface area contributed by atoms with Gasteiger partial charge in [0.25, 0.3) is 5.91 Å². The Bertz CT molecular complexity index is 1270. The van der Waals surface area contributed by atoms with Gasteiger partial charge >= 0.3 is 0 Å². The van der Waals surface area contributed by atoms with E-state index in [1.807, 2.05) is 73.7 Å². The van der Waals surface area contributed by atoms with E-state index in [-0.39, 0.29) is 5.91 Å². The lowest BCUT2D eigenvalue weighted by atomic mass is 10.0. The van der Waals surface area contributed by atoms with Crippen LogP contribution in [0.25, 0.3) is 28.2 Å². The number of rotatable bonds is 3. The van der Waals surface area contributed by atoms with Crippen LogP contribution in [0.2, 0.25) is 15.1 Å². The third-order valence-electron chi connectivity index (χ3n) is 4.66. The lowest BCUT2D eigenvalue weighted by Gasteiger charge is -2.20. The van der Waals surface area contributed by atoms with Crippen molar-refractivity contribution in [2.75, 3.05) is 0 Å². The number of pyridine rings is 1. The van der Waals surface area contributed by atoms with E-state index in [1.165, 1.54) is 0 Å². The van der Waals surface area contributed by atoms with Crippen molar-refractivity contribution in [3.8, 4) is 22.5 Å². The Morgan fingerprint density at radius 2 is 1.42 bits per heavy atom. The standard InChI is InChI=1S/C24H20Cl3N3O/c1-24(2,3)29-23(31)19-12-18(27)13-30-21(15-6-10-17(26)11-7-15)20(28-22(19)30)14-4-8-16(25)9-5-14/h4-13H,1-3H3,(H,29,31). The minimum atomic E-state index is -0.402. The van der Waals surface area contributed by atoms with E-state index in [4.69, 9.17) is 39.8 Å². The van der Waals surface area contributed by atoms with Crippen molar-refractivity contribution in [1.82, 2.24) is 14.7 Å². The summed E-state index contributed by atoms with van der Waals surface area (Å²) in [6, 6.07) is 16.5. The van der Waals surface area contributed by atoms with E-state index in [2.05, 4.69) is 5.32 Å². The van der Waals surface area contributed by atoms with Crippen LogP contribution in [-0.2, 0) is 0 Å². The van der Waals surface area contributed by atoms with Gasteiger partial charge in [-0.1, -0.05) is 59.1 Å². The van der Waals surface area contributed by atoms with Crippen molar-refractivity contribution in [3.05, 3.63) is 81.4 Å². The van der Waals surface area contributed by atoms with Gasteiger partial charge < -0.3 is 5.32 Å². The molecule has 0 saturated carbocycles. The van der Waals surface area contributed by atoms with Gasteiger partial charge in [-0.25, -0.2) is 4.98 Å². The Morgan fingerprint density at radius 3 is 1.97 bits per heavy atom. The average Bonchev–Trinajstić information content (AvgIpc) is 3.06. The molecule has 1 amide bonds. The smallest absolute Gasteiger partial charge is 0.255 e. The zero-order valence-electron chi connectivity index (χ0n) is 17.2. The maximum Gasteiger partial charge on any atom is 0.255 e. The molecular weight excluding hydrogens is 453 g/mol. The molecule has 0 saturated heterocycles. The molecule has 2 aromatic heterocycles. The topological polar surface area (TPSA) is 46.4 Å². The van der Waals surface area contributed by atoms with Gasteiger partial charge in [0.05, 0.1) is 22.0 Å². The number of nitrogens with one attached hydrogen (secondary N) is 1. The van der Waals surface area contributed by atoms with Crippen molar-refractivity contribution in [2.45, 2.75) is 26.3 Å². The fraction of sp³-hybridized carbons (Fsp3) is 0.167. The van der Waals surface area contributed by atoms with Gasteiger partial charge in [0.2, 0.25) is 0 Å². The molecule has 0 unspecified atom stereocenters. The van der Waals surface area contributed by atoms with E-state index in [0.29, 0.717) is 32.0 Å². The zero-order chi connectivity index (χ0) is 22.3. The molecule has 4 nitrogen and oxygen atoms in total. The summed E-state index contributed by atoms with van der Waals surface area (Å²) < 4.78 is 1.85. The molecule has 4 aromatic rings. The van der Waals surface area contributed by atoms with Gasteiger partial charge in [-0.3, -0.25) is 9.20 Å². The maximum atomic E-state index is 13.1. The number of nitrogens with zero attached hydrogens (tertiary/aromatic N) is 2. The summed E-state index contributed by atoms with van der Waals surface area (Å²) >= 11 is 18.6. The number of carbonyl (C=O) groups is 1. The van der Waals surface area contributed by atoms with Crippen molar-refractivity contribution in [2.24, 2.45) is 0 Å². The summed E-state index contributed by atoms with van der Waals surface area (Å²) in [5.74, 6) is -0.240. The number of amides is 1. The van der Waals surface area contributed by atoms with Gasteiger partial charge in [-0.05, 0) is 51.1 Å². The van der Waals surface area contributed by atoms with E-state index in [9.17, 15) is 4.79 Å². The molecule has 158 valence electrons. The van der Waals surface area contributed by atoms with E-state index < -0.39 is 5.54 Å². The van der Waals surface area contributed by atoms with Gasteiger partial charge in [-0.2, -0.15) is 0 Å². The Kier molecular flexibility index (Phi) is 5.73. The zero-order valence-corrected chi connectivity index (χ0v) is 19.5. The number of hydrogen-bond donors (Lipinski definition) is 1. The van der Waals surface area contributed by atoms with Crippen LogP contribution in [0, 0.1) is 0 Å². The Morgan fingerprint density at radius 1 is 0.871 bits per heavy atom. The number of aromatic nitrogens is 2. The first kappa shape index (κ1) is 21.7. The summed E-state index contributed by atoms with van der Waals surface area (Å²) in [6.45, 7) is 5.78. The van der Waals surface area contributed by atoms with Gasteiger partial charge in [0, 0.05) is 32.9 Å². The highest BCUT2D eigenvalue weighted by atomic mass is 35.5. The molecule has 31 heavy (non-hydrogen) atoms. The van der Waals surface area contributed by atoms with Crippen LogP contribution in [0.4, 0.5) is 0 Å². The van der Waals surface area contributed by atoms with Crippen molar-refractivity contribution in [3.63, 3.8) is 0 Å². The Balaban J connectivity index is 2.02. The normalized spacial score (nSPS) is 11.7. The monoisotopic (exact) mass is 471 g/mol. The summed E-state index contributed by atoms with van der Waals surface area (Å²) in [5, 5.41) is 4.69. The van der Waals surface area contributed by atoms with Crippen molar-refractivity contribution >= 4 is 46.4 Å². The minimum Gasteiger partial charge on any atom is -0.347 e. The van der Waals surface area contributed by atoms with Crippen LogP contribution in [0.15, 0.2) is 60.8 Å². The summed E-state index contributed by atoms with van der Waals surface area (Å²) in [5.41, 5.74) is 3.80. The summed E-state index contributed by atoms with van der Waals surface area (Å²) in [6.07, 6.45) is 1.76. The molecule has 0 aliphatic carbocycles. The van der Waals surface area contributed by atoms with Crippen LogP contribution in [0.3, 0.4) is 0 Å². The quantitative estimate of drug-likeness (QED) is 0.344. The molecule has 0 radical (unpaired) electrons. The van der Waals surface area contributed by atoms with Crippen LogP contribution in [-0.4, -0.2) is 20.8 Å². The van der Waals surface area contributed by atoms with Gasteiger partial charge in [-0.15, -0.1) is 0 Å². The molecule has 0 aliphatic rings. The van der Waals surface area contributed by atoms with E-state index in [1.54, 1.807) is 12.3 Å². The molecule has 1 N–H and O–H groups in total. The Labute approximate surface area is 195 Å². The number of fused-ring (bicyclic) bond motifs is 1. The first-order valence-electron chi connectivity index (χ1n) is 9.68. The molecule has 0 fully saturated rings. The van der Waals surface area contributed by atoms with Gasteiger partial charge in [0.1, 0.15) is 0 Å². The molecular formula is C24H20Cl3N3O. The SMILES string of the molecule is CC(C)(C)NC(=O)c1cc(Cl)cn2c(-c3ccc(Cl)cc3)c(-c3ccc(Cl)cc3)nc12. The molecule has 0 atom stereocenters. The number of benzene rings is 2. The second-order valence-corrected chi connectivity index (χ2v) is 9.60. The number of halogens is 3. The van der Waals surface area contributed by atoms with Crippen LogP contribution >= 0.6 is 34.8 Å². The largest absolute Gasteiger partial charge is 0.347 e. The number of carbonyl (C=O) groups excluding carboxylic acids is 1. The predicted molar refractivity (Wildman–Crippen MR) is 128 cm³/mol. The molecule has 7 heteroatoms. The van der Waals surface area contributed by atoms with Crippen LogP contribution < -0.4 is 5.32 Å². The predicted octanol–water partition coefficient (Wildman–Crippen LogP) is 7.16. The van der Waals surface area contributed by atoms with Gasteiger partial charge in [0.15, 0.2) is 5.65 Å². The molecule has 2 heterocycles. The number of imidazole rings is 1. The average molecular weight is 473 g/mol. The van der Waals surface area contributed by atoms with Crippen molar-refractivity contribution in [1.29, 1.82) is 0 Å². The fourth-order valence-electron chi connectivity index (χ4n) is 3.38. The highest BCUT2D eigenvalue weighted by Gasteiger charge is 2.23. The number of hydrogen-bond acceptors (Lipinski definition) is 2. The lowest BCUT2D eigenvalue weighted by molar-refractivity contribution is 0.0920. The lowest BCUT2D eigenvalue weighted by Crippen LogP contribution is -2.40. The van der Waals surface area contributed by atoms with Crippen molar-refractivity contribution < 1.29 is 4.79 Å². The first-order valence-corrected chi connectivity index (χ1v) is 10.8. The second-order valence-electron chi connectivity index (χ2n) is 8.29. The third-order valence-corrected chi connectivity index (χ3v) is 5.37. The molecule has 0 spiro atoms. The third kappa shape index (κ3) is 4.57. The molecule has 4 rings (SSSR count). The first-order chi connectivity index (χ1) is 14.6. The molecule has 2 aromatic carbocycles.